The second-order valence-electron chi connectivity index (χ2n) is 6.40. The van der Waals surface area contributed by atoms with Gasteiger partial charge in [-0.3, -0.25) is 4.90 Å². The molecule has 0 aromatic carbocycles. The molecular formula is C19H30IN7O. The van der Waals surface area contributed by atoms with Crippen LogP contribution in [0.1, 0.15) is 18.9 Å². The van der Waals surface area contributed by atoms with Crippen molar-refractivity contribution in [2.75, 3.05) is 45.9 Å². The second kappa shape index (κ2) is 12.7. The fourth-order valence-electron chi connectivity index (χ4n) is 2.93. The van der Waals surface area contributed by atoms with E-state index in [1.807, 2.05) is 24.4 Å². The lowest BCUT2D eigenvalue weighted by Crippen LogP contribution is -2.40. The van der Waals surface area contributed by atoms with Crippen molar-refractivity contribution in [2.24, 2.45) is 4.99 Å². The molecule has 2 aromatic rings. The van der Waals surface area contributed by atoms with Crippen molar-refractivity contribution in [3.63, 3.8) is 0 Å². The smallest absolute Gasteiger partial charge is 0.191 e. The molecule has 154 valence electrons. The molecule has 0 spiro atoms. The van der Waals surface area contributed by atoms with E-state index in [2.05, 4.69) is 32.5 Å². The van der Waals surface area contributed by atoms with Crippen LogP contribution in [0.2, 0.25) is 0 Å². The first-order valence-corrected chi connectivity index (χ1v) is 9.62. The van der Waals surface area contributed by atoms with Gasteiger partial charge in [-0.15, -0.1) is 24.0 Å². The van der Waals surface area contributed by atoms with Crippen molar-refractivity contribution >= 4 is 29.9 Å². The van der Waals surface area contributed by atoms with E-state index in [0.29, 0.717) is 6.54 Å². The van der Waals surface area contributed by atoms with Crippen LogP contribution in [0.3, 0.4) is 0 Å². The third kappa shape index (κ3) is 7.36. The number of nitrogens with one attached hydrogen (secondary N) is 2. The lowest BCUT2D eigenvalue weighted by molar-refractivity contribution is 0.0376. The van der Waals surface area contributed by atoms with E-state index in [1.165, 1.54) is 0 Å². The van der Waals surface area contributed by atoms with E-state index < -0.39 is 0 Å². The summed E-state index contributed by atoms with van der Waals surface area (Å²) in [5, 5.41) is 10.9. The summed E-state index contributed by atoms with van der Waals surface area (Å²) in [5.74, 6) is 1.65. The first kappa shape index (κ1) is 22.6. The Morgan fingerprint density at radius 1 is 1.25 bits per heavy atom. The van der Waals surface area contributed by atoms with Gasteiger partial charge >= 0.3 is 0 Å². The highest BCUT2D eigenvalue weighted by Crippen LogP contribution is 2.07. The molecule has 0 amide bonds. The number of hydrogen-bond acceptors (Lipinski definition) is 5. The summed E-state index contributed by atoms with van der Waals surface area (Å²) in [6, 6.07) is 5.88. The number of hydrogen-bond donors (Lipinski definition) is 2. The molecule has 0 bridgehead atoms. The van der Waals surface area contributed by atoms with Crippen molar-refractivity contribution in [2.45, 2.75) is 19.9 Å². The molecule has 0 unspecified atom stereocenters. The molecule has 1 fully saturated rings. The van der Waals surface area contributed by atoms with Gasteiger partial charge in [0.25, 0.3) is 0 Å². The zero-order chi connectivity index (χ0) is 18.7. The maximum atomic E-state index is 5.39. The monoisotopic (exact) mass is 499 g/mol. The molecule has 1 aliphatic heterocycles. The Morgan fingerprint density at radius 2 is 2.11 bits per heavy atom. The molecule has 0 radical (unpaired) electrons. The SMILES string of the molecule is CCNC(=NCc1ccnc(-n2cccn2)c1)NCCCN1CCOCC1.I. The Kier molecular flexibility index (Phi) is 10.2. The number of nitrogens with zero attached hydrogens (tertiary/aromatic N) is 5. The molecule has 0 atom stereocenters. The molecule has 2 aromatic heterocycles. The van der Waals surface area contributed by atoms with Gasteiger partial charge in [0.2, 0.25) is 0 Å². The highest BCUT2D eigenvalue weighted by Gasteiger charge is 2.09. The topological polar surface area (TPSA) is 79.6 Å². The molecule has 0 aliphatic carbocycles. The highest BCUT2D eigenvalue weighted by atomic mass is 127. The molecule has 3 rings (SSSR count). The molecule has 1 aliphatic rings. The van der Waals surface area contributed by atoms with E-state index >= 15 is 0 Å². The molecule has 28 heavy (non-hydrogen) atoms. The van der Waals surface area contributed by atoms with Crippen LogP contribution >= 0.6 is 24.0 Å². The maximum Gasteiger partial charge on any atom is 0.191 e. The summed E-state index contributed by atoms with van der Waals surface area (Å²) in [6.07, 6.45) is 6.51. The van der Waals surface area contributed by atoms with Crippen LogP contribution in [-0.4, -0.2) is 71.6 Å². The van der Waals surface area contributed by atoms with E-state index in [1.54, 1.807) is 17.1 Å². The van der Waals surface area contributed by atoms with Gasteiger partial charge in [-0.1, -0.05) is 0 Å². The van der Waals surface area contributed by atoms with Gasteiger partial charge in [0.1, 0.15) is 0 Å². The first-order chi connectivity index (χ1) is 13.3. The van der Waals surface area contributed by atoms with Gasteiger partial charge in [0, 0.05) is 44.8 Å². The number of halogens is 1. The third-order valence-electron chi connectivity index (χ3n) is 4.36. The summed E-state index contributed by atoms with van der Waals surface area (Å²) in [4.78, 5) is 11.5. The Labute approximate surface area is 183 Å². The summed E-state index contributed by atoms with van der Waals surface area (Å²) >= 11 is 0. The number of aliphatic imine (C=N–C) groups is 1. The number of rotatable bonds is 8. The standard InChI is InChI=1S/C19H29N7O.HI/c1-2-20-19(22-6-3-9-25-11-13-27-14-12-25)23-16-17-5-8-21-18(15-17)26-10-4-7-24-26;/h4-5,7-8,10,15H,2-3,6,9,11-14,16H2,1H3,(H2,20,22,23);1H. The number of guanidine groups is 1. The Hall–Kier alpha value is -1.72. The minimum atomic E-state index is 0. The van der Waals surface area contributed by atoms with Crippen LogP contribution in [0.5, 0.6) is 0 Å². The Bertz CT molecular complexity index is 702. The highest BCUT2D eigenvalue weighted by molar-refractivity contribution is 14.0. The lowest BCUT2D eigenvalue weighted by Gasteiger charge is -2.26. The van der Waals surface area contributed by atoms with E-state index in [-0.39, 0.29) is 24.0 Å². The van der Waals surface area contributed by atoms with Crippen molar-refractivity contribution in [1.82, 2.24) is 30.3 Å². The quantitative estimate of drug-likeness (QED) is 0.249. The van der Waals surface area contributed by atoms with Crippen LogP contribution < -0.4 is 10.6 Å². The first-order valence-electron chi connectivity index (χ1n) is 9.62. The Balaban J connectivity index is 0.00000280. The van der Waals surface area contributed by atoms with Gasteiger partial charge in [0.15, 0.2) is 11.8 Å². The third-order valence-corrected chi connectivity index (χ3v) is 4.36. The minimum absolute atomic E-state index is 0. The molecule has 9 heteroatoms. The van der Waals surface area contributed by atoms with E-state index in [0.717, 1.165) is 69.7 Å². The average molecular weight is 499 g/mol. The summed E-state index contributed by atoms with van der Waals surface area (Å²) in [7, 11) is 0. The van der Waals surface area contributed by atoms with Gasteiger partial charge in [-0.2, -0.15) is 5.10 Å². The van der Waals surface area contributed by atoms with Crippen LogP contribution in [0.25, 0.3) is 5.82 Å². The van der Waals surface area contributed by atoms with Crippen molar-refractivity contribution in [3.05, 3.63) is 42.4 Å². The average Bonchev–Trinajstić information content (AvgIpc) is 3.25. The molecule has 0 saturated carbocycles. The maximum absolute atomic E-state index is 5.39. The summed E-state index contributed by atoms with van der Waals surface area (Å²) in [6.45, 7) is 9.27. The number of ether oxygens (including phenoxy) is 1. The van der Waals surface area contributed by atoms with Crippen molar-refractivity contribution in [1.29, 1.82) is 0 Å². The zero-order valence-electron chi connectivity index (χ0n) is 16.4. The van der Waals surface area contributed by atoms with Gasteiger partial charge in [-0.25, -0.2) is 14.7 Å². The van der Waals surface area contributed by atoms with E-state index in [4.69, 9.17) is 9.73 Å². The minimum Gasteiger partial charge on any atom is -0.379 e. The fourth-order valence-corrected chi connectivity index (χ4v) is 2.93. The molecule has 8 nitrogen and oxygen atoms in total. The second-order valence-corrected chi connectivity index (χ2v) is 6.40. The summed E-state index contributed by atoms with van der Waals surface area (Å²) in [5.41, 5.74) is 1.10. The number of morpholine rings is 1. The van der Waals surface area contributed by atoms with Gasteiger partial charge in [0.05, 0.1) is 19.8 Å². The number of pyridine rings is 1. The zero-order valence-corrected chi connectivity index (χ0v) is 18.7. The molecule has 3 heterocycles. The summed E-state index contributed by atoms with van der Waals surface area (Å²) < 4.78 is 7.14. The van der Waals surface area contributed by atoms with E-state index in [9.17, 15) is 0 Å². The van der Waals surface area contributed by atoms with Gasteiger partial charge < -0.3 is 15.4 Å². The van der Waals surface area contributed by atoms with Crippen molar-refractivity contribution in [3.8, 4) is 5.82 Å². The molecule has 1 saturated heterocycles. The molecular weight excluding hydrogens is 469 g/mol. The van der Waals surface area contributed by atoms with Crippen LogP contribution in [-0.2, 0) is 11.3 Å². The predicted molar refractivity (Wildman–Crippen MR) is 121 cm³/mol. The van der Waals surface area contributed by atoms with Gasteiger partial charge in [-0.05, 0) is 43.7 Å². The number of aromatic nitrogens is 3. The lowest BCUT2D eigenvalue weighted by atomic mass is 10.2. The van der Waals surface area contributed by atoms with Crippen LogP contribution in [0.15, 0.2) is 41.8 Å². The Morgan fingerprint density at radius 3 is 2.86 bits per heavy atom. The fraction of sp³-hybridized carbons (Fsp3) is 0.526. The van der Waals surface area contributed by atoms with Crippen LogP contribution in [0.4, 0.5) is 0 Å². The normalized spacial score (nSPS) is 15.1. The van der Waals surface area contributed by atoms with Crippen LogP contribution in [0, 0.1) is 0 Å². The largest absolute Gasteiger partial charge is 0.379 e. The molecule has 2 N–H and O–H groups in total. The van der Waals surface area contributed by atoms with Crippen molar-refractivity contribution < 1.29 is 4.74 Å². The predicted octanol–water partition coefficient (Wildman–Crippen LogP) is 1.66.